The first-order valence-corrected chi connectivity index (χ1v) is 8.41. The molecule has 0 atom stereocenters. The highest BCUT2D eigenvalue weighted by Gasteiger charge is 2.15. The van der Waals surface area contributed by atoms with Gasteiger partial charge < -0.3 is 14.8 Å². The molecule has 0 aromatic heterocycles. The fraction of sp³-hybridized carbons (Fsp3) is 0.529. The number of nitrogens with one attached hydrogen (secondary N) is 1. The normalized spacial score (nSPS) is 15.2. The van der Waals surface area contributed by atoms with Gasteiger partial charge in [0.1, 0.15) is 0 Å². The standard InChI is InChI=1S/C17H24BrNO2/c1-4-19-11-14(12(2)3)8-13-9-15(18)17-16(10-13)20-6-5-7-21-17/h8-10,12,19H,4-7,11H2,1-3H3. The number of ether oxygens (including phenoxy) is 2. The molecule has 1 aromatic rings. The lowest BCUT2D eigenvalue weighted by molar-refractivity contribution is 0.296. The second-order valence-electron chi connectivity index (χ2n) is 5.53. The second-order valence-corrected chi connectivity index (χ2v) is 6.39. The topological polar surface area (TPSA) is 30.5 Å². The first kappa shape index (κ1) is 16.4. The maximum absolute atomic E-state index is 5.79. The summed E-state index contributed by atoms with van der Waals surface area (Å²) in [4.78, 5) is 0. The molecular weight excluding hydrogens is 330 g/mol. The number of likely N-dealkylation sites (N-methyl/N-ethyl adjacent to an activating group) is 1. The van der Waals surface area contributed by atoms with Gasteiger partial charge in [0, 0.05) is 13.0 Å². The number of fused-ring (bicyclic) bond motifs is 1. The number of rotatable bonds is 5. The molecule has 1 N–H and O–H groups in total. The highest BCUT2D eigenvalue weighted by molar-refractivity contribution is 9.10. The van der Waals surface area contributed by atoms with E-state index in [0.29, 0.717) is 19.1 Å². The van der Waals surface area contributed by atoms with E-state index in [1.54, 1.807) is 0 Å². The molecule has 0 aliphatic carbocycles. The zero-order chi connectivity index (χ0) is 15.2. The van der Waals surface area contributed by atoms with Gasteiger partial charge in [0.2, 0.25) is 0 Å². The first-order chi connectivity index (χ1) is 10.1. The summed E-state index contributed by atoms with van der Waals surface area (Å²) >= 11 is 3.60. The summed E-state index contributed by atoms with van der Waals surface area (Å²) in [6, 6.07) is 4.17. The van der Waals surface area contributed by atoms with E-state index >= 15 is 0 Å². The van der Waals surface area contributed by atoms with Crippen molar-refractivity contribution >= 4 is 22.0 Å². The Morgan fingerprint density at radius 3 is 2.81 bits per heavy atom. The molecule has 1 aliphatic rings. The fourth-order valence-corrected chi connectivity index (χ4v) is 2.81. The summed E-state index contributed by atoms with van der Waals surface area (Å²) in [6.07, 6.45) is 3.16. The summed E-state index contributed by atoms with van der Waals surface area (Å²) in [5.74, 6) is 2.17. The predicted octanol–water partition coefficient (Wildman–Crippen LogP) is 4.26. The van der Waals surface area contributed by atoms with Crippen LogP contribution in [0.1, 0.15) is 32.8 Å². The summed E-state index contributed by atoms with van der Waals surface area (Å²) in [6.45, 7) is 9.89. The quantitative estimate of drug-likeness (QED) is 0.857. The van der Waals surface area contributed by atoms with Gasteiger partial charge >= 0.3 is 0 Å². The van der Waals surface area contributed by atoms with E-state index < -0.39 is 0 Å². The Kier molecular flexibility index (Phi) is 6.12. The van der Waals surface area contributed by atoms with Crippen LogP contribution in [0.15, 0.2) is 22.2 Å². The van der Waals surface area contributed by atoms with Crippen molar-refractivity contribution in [3.63, 3.8) is 0 Å². The zero-order valence-electron chi connectivity index (χ0n) is 13.0. The smallest absolute Gasteiger partial charge is 0.175 e. The van der Waals surface area contributed by atoms with E-state index in [9.17, 15) is 0 Å². The minimum atomic E-state index is 0.513. The molecule has 0 spiro atoms. The van der Waals surface area contributed by atoms with E-state index in [2.05, 4.69) is 60.2 Å². The molecule has 0 radical (unpaired) electrons. The molecule has 0 saturated carbocycles. The Labute approximate surface area is 135 Å². The average molecular weight is 354 g/mol. The van der Waals surface area contributed by atoms with Crippen molar-refractivity contribution in [1.82, 2.24) is 5.32 Å². The lowest BCUT2D eigenvalue weighted by atomic mass is 10.00. The Morgan fingerprint density at radius 2 is 2.10 bits per heavy atom. The number of halogens is 1. The van der Waals surface area contributed by atoms with Crippen molar-refractivity contribution in [3.8, 4) is 11.5 Å². The number of hydrogen-bond acceptors (Lipinski definition) is 3. The third kappa shape index (κ3) is 4.48. The second kappa shape index (κ2) is 7.85. The van der Waals surface area contributed by atoms with Crippen LogP contribution in [0.25, 0.3) is 6.08 Å². The van der Waals surface area contributed by atoms with Crippen LogP contribution in [0.2, 0.25) is 0 Å². The summed E-state index contributed by atoms with van der Waals surface area (Å²) in [5, 5.41) is 3.40. The summed E-state index contributed by atoms with van der Waals surface area (Å²) < 4.78 is 12.5. The number of hydrogen-bond donors (Lipinski definition) is 1. The summed E-state index contributed by atoms with van der Waals surface area (Å²) in [5.41, 5.74) is 2.53. The molecule has 1 aliphatic heterocycles. The van der Waals surface area contributed by atoms with Crippen LogP contribution in [0.3, 0.4) is 0 Å². The SMILES string of the molecule is CCNCC(=Cc1cc(Br)c2c(c1)OCCCO2)C(C)C. The van der Waals surface area contributed by atoms with Gasteiger partial charge in [0.05, 0.1) is 17.7 Å². The molecule has 0 unspecified atom stereocenters. The van der Waals surface area contributed by atoms with Gasteiger partial charge in [0.25, 0.3) is 0 Å². The van der Waals surface area contributed by atoms with Crippen LogP contribution < -0.4 is 14.8 Å². The summed E-state index contributed by atoms with van der Waals surface area (Å²) in [7, 11) is 0. The van der Waals surface area contributed by atoms with Crippen LogP contribution in [0.5, 0.6) is 11.5 Å². The lowest BCUT2D eigenvalue weighted by Crippen LogP contribution is -2.18. The molecule has 4 heteroatoms. The maximum Gasteiger partial charge on any atom is 0.175 e. The number of benzene rings is 1. The van der Waals surface area contributed by atoms with E-state index in [0.717, 1.165) is 41.0 Å². The van der Waals surface area contributed by atoms with Crippen molar-refractivity contribution in [2.24, 2.45) is 5.92 Å². The van der Waals surface area contributed by atoms with Crippen molar-refractivity contribution in [1.29, 1.82) is 0 Å². The minimum absolute atomic E-state index is 0.513. The van der Waals surface area contributed by atoms with Gasteiger partial charge in [-0.05, 0) is 46.1 Å². The van der Waals surface area contributed by atoms with Crippen molar-refractivity contribution in [3.05, 3.63) is 27.7 Å². The van der Waals surface area contributed by atoms with Crippen molar-refractivity contribution in [2.45, 2.75) is 27.2 Å². The molecule has 0 amide bonds. The molecule has 0 bridgehead atoms. The molecule has 21 heavy (non-hydrogen) atoms. The van der Waals surface area contributed by atoms with Gasteiger partial charge in [0.15, 0.2) is 11.5 Å². The average Bonchev–Trinajstić information content (AvgIpc) is 2.68. The molecule has 0 fully saturated rings. The van der Waals surface area contributed by atoms with E-state index in [-0.39, 0.29) is 0 Å². The van der Waals surface area contributed by atoms with Crippen LogP contribution in [0, 0.1) is 5.92 Å². The Morgan fingerprint density at radius 1 is 1.33 bits per heavy atom. The van der Waals surface area contributed by atoms with Crippen LogP contribution in [0.4, 0.5) is 0 Å². The Bertz CT molecular complexity index is 512. The van der Waals surface area contributed by atoms with Gasteiger partial charge in [-0.1, -0.05) is 32.4 Å². The lowest BCUT2D eigenvalue weighted by Gasteiger charge is -2.14. The van der Waals surface area contributed by atoms with E-state index in [1.165, 1.54) is 5.57 Å². The van der Waals surface area contributed by atoms with Gasteiger partial charge in [-0.15, -0.1) is 0 Å². The largest absolute Gasteiger partial charge is 0.489 e. The third-order valence-electron chi connectivity index (χ3n) is 3.50. The van der Waals surface area contributed by atoms with E-state index in [1.807, 2.05) is 0 Å². The molecular formula is C17H24BrNO2. The molecule has 2 rings (SSSR count). The van der Waals surface area contributed by atoms with Gasteiger partial charge in [-0.2, -0.15) is 0 Å². The molecule has 116 valence electrons. The van der Waals surface area contributed by atoms with Crippen LogP contribution in [-0.4, -0.2) is 26.3 Å². The molecule has 1 aromatic carbocycles. The van der Waals surface area contributed by atoms with E-state index in [4.69, 9.17) is 9.47 Å². The monoisotopic (exact) mass is 353 g/mol. The third-order valence-corrected chi connectivity index (χ3v) is 4.09. The Hall–Kier alpha value is -1.00. The van der Waals surface area contributed by atoms with Crippen molar-refractivity contribution < 1.29 is 9.47 Å². The van der Waals surface area contributed by atoms with Crippen molar-refractivity contribution in [2.75, 3.05) is 26.3 Å². The van der Waals surface area contributed by atoms with Gasteiger partial charge in [-0.3, -0.25) is 0 Å². The molecule has 3 nitrogen and oxygen atoms in total. The van der Waals surface area contributed by atoms with Crippen LogP contribution >= 0.6 is 15.9 Å². The first-order valence-electron chi connectivity index (χ1n) is 7.62. The zero-order valence-corrected chi connectivity index (χ0v) is 14.6. The predicted molar refractivity (Wildman–Crippen MR) is 91.1 cm³/mol. The maximum atomic E-state index is 5.79. The molecule has 0 saturated heterocycles. The minimum Gasteiger partial charge on any atom is -0.489 e. The van der Waals surface area contributed by atoms with Gasteiger partial charge in [-0.25, -0.2) is 0 Å². The highest BCUT2D eigenvalue weighted by Crippen LogP contribution is 2.38. The molecule has 1 heterocycles. The Balaban J connectivity index is 2.30. The highest BCUT2D eigenvalue weighted by atomic mass is 79.9. The van der Waals surface area contributed by atoms with Crippen LogP contribution in [-0.2, 0) is 0 Å². The fourth-order valence-electron chi connectivity index (χ4n) is 2.24.